The average molecular weight is 541 g/mol. The fourth-order valence-electron chi connectivity index (χ4n) is 4.32. The van der Waals surface area contributed by atoms with E-state index < -0.39 is 24.3 Å². The van der Waals surface area contributed by atoms with Gasteiger partial charge in [-0.1, -0.05) is 36.4 Å². The molecule has 2 aliphatic heterocycles. The van der Waals surface area contributed by atoms with E-state index in [2.05, 4.69) is 25.8 Å². The molecule has 1 fully saturated rings. The van der Waals surface area contributed by atoms with Crippen molar-refractivity contribution in [3.05, 3.63) is 60.2 Å². The first-order chi connectivity index (χ1) is 18.9. The first-order valence-corrected chi connectivity index (χ1v) is 12.9. The maximum atomic E-state index is 13.3. The van der Waals surface area contributed by atoms with Crippen molar-refractivity contribution in [1.82, 2.24) is 15.5 Å². The maximum absolute atomic E-state index is 13.3. The molecule has 0 aromatic heterocycles. The van der Waals surface area contributed by atoms with Gasteiger partial charge in [0.1, 0.15) is 18.8 Å². The lowest BCUT2D eigenvalue weighted by Gasteiger charge is -2.36. The minimum Gasteiger partial charge on any atom is -0.480 e. The summed E-state index contributed by atoms with van der Waals surface area (Å²) < 4.78 is 18.4. The predicted molar refractivity (Wildman–Crippen MR) is 144 cm³/mol. The number of nitrogens with zero attached hydrogens (tertiary/aromatic N) is 3. The highest BCUT2D eigenvalue weighted by Crippen LogP contribution is 2.21. The van der Waals surface area contributed by atoms with Crippen molar-refractivity contribution in [2.24, 2.45) is 4.99 Å². The van der Waals surface area contributed by atoms with Gasteiger partial charge in [-0.3, -0.25) is 4.79 Å². The van der Waals surface area contributed by atoms with E-state index >= 15 is 0 Å². The Hall–Kier alpha value is -4.35. The van der Waals surface area contributed by atoms with E-state index in [9.17, 15) is 23.9 Å². The third-order valence-electron chi connectivity index (χ3n) is 6.49. The molecule has 2 aliphatic rings. The summed E-state index contributed by atoms with van der Waals surface area (Å²) in [4.78, 5) is 44.5. The van der Waals surface area contributed by atoms with Crippen LogP contribution in [0.5, 0.6) is 0 Å². The molecule has 0 radical (unpaired) electrons. The molecule has 2 amide bonds. The zero-order chi connectivity index (χ0) is 27.6. The van der Waals surface area contributed by atoms with E-state index in [0.29, 0.717) is 32.1 Å². The number of alkyl halides is 1. The second-order valence-electron chi connectivity index (χ2n) is 9.35. The molecule has 0 saturated carbocycles. The monoisotopic (exact) mass is 540 g/mol. The Kier molecular flexibility index (Phi) is 9.54. The number of nitrogens with one attached hydrogen (secondary N) is 3. The number of amides is 2. The Bertz CT molecular complexity index is 1170. The van der Waals surface area contributed by atoms with Crippen LogP contribution in [-0.4, -0.2) is 85.4 Å². The molecule has 0 aliphatic carbocycles. The summed E-state index contributed by atoms with van der Waals surface area (Å²) in [7, 11) is 0. The summed E-state index contributed by atoms with van der Waals surface area (Å²) in [6, 6.07) is 15.6. The average Bonchev–Trinajstić information content (AvgIpc) is 2.96. The number of hydrogen-bond donors (Lipinski definition) is 4. The molecule has 1 unspecified atom stereocenters. The molecule has 2 atom stereocenters. The zero-order valence-electron chi connectivity index (χ0n) is 21.5. The molecule has 1 saturated heterocycles. The molecule has 39 heavy (non-hydrogen) atoms. The van der Waals surface area contributed by atoms with Crippen molar-refractivity contribution in [1.29, 1.82) is 0 Å². The van der Waals surface area contributed by atoms with Gasteiger partial charge in [-0.15, -0.1) is 0 Å². The van der Waals surface area contributed by atoms with Crippen LogP contribution in [0.15, 0.2) is 59.6 Å². The molecule has 2 heterocycles. The van der Waals surface area contributed by atoms with Crippen molar-refractivity contribution < 1.29 is 28.6 Å². The van der Waals surface area contributed by atoms with E-state index in [1.165, 1.54) is 0 Å². The van der Waals surface area contributed by atoms with Crippen LogP contribution in [0.2, 0.25) is 0 Å². The van der Waals surface area contributed by atoms with Crippen LogP contribution in [0.4, 0.5) is 20.6 Å². The van der Waals surface area contributed by atoms with Crippen LogP contribution >= 0.6 is 0 Å². The maximum Gasteiger partial charge on any atom is 0.408 e. The summed E-state index contributed by atoms with van der Waals surface area (Å²) in [6.07, 6.45) is -1.87. The highest BCUT2D eigenvalue weighted by molar-refractivity contribution is 5.94. The van der Waals surface area contributed by atoms with Gasteiger partial charge in [-0.2, -0.15) is 0 Å². The number of alkyl carbamates (subject to hydrolysis) is 1. The molecule has 11 nitrogen and oxygen atoms in total. The number of piperazine rings is 1. The topological polar surface area (TPSA) is 136 Å². The van der Waals surface area contributed by atoms with E-state index in [0.717, 1.165) is 16.9 Å². The number of carboxylic acid groups (broad SMARTS) is 1. The second kappa shape index (κ2) is 13.4. The van der Waals surface area contributed by atoms with Gasteiger partial charge >= 0.3 is 12.1 Å². The fourth-order valence-corrected chi connectivity index (χ4v) is 4.32. The Labute approximate surface area is 226 Å². The van der Waals surface area contributed by atoms with E-state index in [1.807, 2.05) is 42.5 Å². The predicted octanol–water partition coefficient (Wildman–Crippen LogP) is 2.20. The second-order valence-corrected chi connectivity index (χ2v) is 9.35. The van der Waals surface area contributed by atoms with Crippen LogP contribution in [0.1, 0.15) is 18.4 Å². The number of carbonyl (C=O) groups excluding carboxylic acids is 2. The first-order valence-electron chi connectivity index (χ1n) is 12.9. The summed E-state index contributed by atoms with van der Waals surface area (Å²) >= 11 is 0. The lowest BCUT2D eigenvalue weighted by atomic mass is 10.1. The van der Waals surface area contributed by atoms with Crippen LogP contribution < -0.4 is 20.9 Å². The number of carbonyl (C=O) groups is 3. The third-order valence-corrected chi connectivity index (χ3v) is 6.49. The molecule has 0 bridgehead atoms. The number of anilines is 2. The van der Waals surface area contributed by atoms with Gasteiger partial charge in [0.15, 0.2) is 5.96 Å². The summed E-state index contributed by atoms with van der Waals surface area (Å²) in [6.45, 7) is 2.59. The molecule has 4 rings (SSSR count). The van der Waals surface area contributed by atoms with Gasteiger partial charge in [-0.25, -0.2) is 19.0 Å². The number of benzene rings is 2. The van der Waals surface area contributed by atoms with Crippen LogP contribution in [0.3, 0.4) is 0 Å². The quantitative estimate of drug-likeness (QED) is 0.380. The molecule has 4 N–H and O–H groups in total. The van der Waals surface area contributed by atoms with E-state index in [1.54, 1.807) is 17.0 Å². The van der Waals surface area contributed by atoms with Crippen molar-refractivity contribution >= 4 is 35.3 Å². The SMILES string of the molecule is O=C(N[C@@H](CCC(=O)N1CCN(c2cccc(NC3=NCC(F)CN3)c2)CC1)C(=O)O)OCc1ccccc1. The van der Waals surface area contributed by atoms with Crippen molar-refractivity contribution in [3.63, 3.8) is 0 Å². The summed E-state index contributed by atoms with van der Waals surface area (Å²) in [5, 5.41) is 17.9. The third kappa shape index (κ3) is 8.32. The zero-order valence-corrected chi connectivity index (χ0v) is 21.5. The lowest BCUT2D eigenvalue weighted by Crippen LogP contribution is -2.49. The van der Waals surface area contributed by atoms with Crippen LogP contribution in [-0.2, 0) is 20.9 Å². The Morgan fingerprint density at radius 3 is 2.56 bits per heavy atom. The molecular weight excluding hydrogens is 507 g/mol. The lowest BCUT2D eigenvalue weighted by molar-refractivity contribution is -0.140. The molecule has 12 heteroatoms. The smallest absolute Gasteiger partial charge is 0.408 e. The molecule has 0 spiro atoms. The normalized spacial score (nSPS) is 17.9. The van der Waals surface area contributed by atoms with Crippen LogP contribution in [0, 0.1) is 0 Å². The molecule has 208 valence electrons. The molecule has 2 aromatic rings. The van der Waals surface area contributed by atoms with Crippen molar-refractivity contribution in [2.75, 3.05) is 49.5 Å². The van der Waals surface area contributed by atoms with Gasteiger partial charge in [-0.05, 0) is 30.2 Å². The molecular formula is C27H33FN6O5. The largest absolute Gasteiger partial charge is 0.480 e. The Morgan fingerprint density at radius 2 is 1.87 bits per heavy atom. The number of carboxylic acids is 1. The summed E-state index contributed by atoms with van der Waals surface area (Å²) in [5.74, 6) is -0.852. The van der Waals surface area contributed by atoms with Gasteiger partial charge in [0.05, 0.1) is 13.1 Å². The number of halogens is 1. The number of rotatable bonds is 9. The first kappa shape index (κ1) is 27.7. The minimum atomic E-state index is -1.23. The summed E-state index contributed by atoms with van der Waals surface area (Å²) in [5.41, 5.74) is 2.59. The number of ether oxygens (including phenoxy) is 1. The van der Waals surface area contributed by atoms with Crippen LogP contribution in [0.25, 0.3) is 0 Å². The van der Waals surface area contributed by atoms with Crippen molar-refractivity contribution in [2.45, 2.75) is 31.7 Å². The highest BCUT2D eigenvalue weighted by Gasteiger charge is 2.26. The Morgan fingerprint density at radius 1 is 1.10 bits per heavy atom. The molecule has 2 aromatic carbocycles. The van der Waals surface area contributed by atoms with Gasteiger partial charge in [0.25, 0.3) is 0 Å². The number of aliphatic imine (C=N–C) groups is 1. The highest BCUT2D eigenvalue weighted by atomic mass is 19.1. The Balaban J connectivity index is 1.21. The number of aliphatic carboxylic acids is 1. The standard InChI is InChI=1S/C27H33FN6O5/c28-20-16-29-26(30-17-20)31-21-7-4-8-22(15-21)33-11-13-34(14-12-33)24(35)10-9-23(25(36)37)32-27(38)39-18-19-5-2-1-3-6-19/h1-8,15,20,23H,9-14,16-18H2,(H,32,38)(H,36,37)(H2,29,30,31)/t23-/m0/s1. The van der Waals surface area contributed by atoms with E-state index in [4.69, 9.17) is 4.74 Å². The number of guanidine groups is 1. The fraction of sp³-hybridized carbons (Fsp3) is 0.407. The van der Waals surface area contributed by atoms with Gasteiger partial charge < -0.3 is 35.6 Å². The minimum absolute atomic E-state index is 0.00974. The van der Waals surface area contributed by atoms with E-state index in [-0.39, 0.29) is 38.4 Å². The number of hydrogen-bond acceptors (Lipinski definition) is 8. The van der Waals surface area contributed by atoms with Gasteiger partial charge in [0.2, 0.25) is 5.91 Å². The van der Waals surface area contributed by atoms with Gasteiger partial charge in [0, 0.05) is 44.0 Å². The van der Waals surface area contributed by atoms with Crippen molar-refractivity contribution in [3.8, 4) is 0 Å².